The number of nitrogens with zero attached hydrogens (tertiary/aromatic N) is 3. The van der Waals surface area contributed by atoms with Gasteiger partial charge in [0.15, 0.2) is 0 Å². The minimum Gasteiger partial charge on any atom is -0.481 e. The van der Waals surface area contributed by atoms with Crippen LogP contribution in [0.1, 0.15) is 114 Å². The molecule has 2 bridgehead atoms. The molecule has 6 rings (SSSR count). The molecule has 0 radical (unpaired) electrons. The molecule has 9 heteroatoms. The van der Waals surface area contributed by atoms with Crippen LogP contribution in [-0.2, 0) is 14.3 Å². The van der Waals surface area contributed by atoms with E-state index >= 15 is 0 Å². The van der Waals surface area contributed by atoms with Gasteiger partial charge in [0.1, 0.15) is 6.33 Å². The van der Waals surface area contributed by atoms with Gasteiger partial charge in [-0.2, -0.15) is 0 Å². The molecule has 270 valence electrons. The van der Waals surface area contributed by atoms with Crippen molar-refractivity contribution in [1.29, 1.82) is 0 Å². The summed E-state index contributed by atoms with van der Waals surface area (Å²) in [7, 11) is 2.02. The number of hydrogen-bond donors (Lipinski definition) is 3. The summed E-state index contributed by atoms with van der Waals surface area (Å²) in [5, 5.41) is 19.3. The number of allylic oxidation sites excluding steroid dienone is 1. The van der Waals surface area contributed by atoms with E-state index in [4.69, 9.17) is 20.3 Å². The number of fused-ring (bicyclic) bond motifs is 3. The van der Waals surface area contributed by atoms with Crippen molar-refractivity contribution in [2.24, 2.45) is 62.6 Å². The van der Waals surface area contributed by atoms with E-state index in [9.17, 15) is 9.90 Å². The number of rotatable bonds is 9. The Bertz CT molecular complexity index is 1430. The van der Waals surface area contributed by atoms with Gasteiger partial charge in [-0.15, -0.1) is 5.10 Å². The number of nitrogens with two attached hydrogens (primary N) is 1. The molecular weight excluding hydrogens is 602 g/mol. The van der Waals surface area contributed by atoms with Crippen LogP contribution in [0.4, 0.5) is 5.95 Å². The molecule has 0 amide bonds. The summed E-state index contributed by atoms with van der Waals surface area (Å²) in [6, 6.07) is -0.0534. The molecule has 9 nitrogen and oxygen atoms in total. The highest BCUT2D eigenvalue weighted by Gasteiger charge is 2.72. The Balaban J connectivity index is 1.44. The van der Waals surface area contributed by atoms with Crippen LogP contribution in [0.25, 0.3) is 0 Å². The van der Waals surface area contributed by atoms with E-state index in [0.29, 0.717) is 49.4 Å². The van der Waals surface area contributed by atoms with Gasteiger partial charge < -0.3 is 25.6 Å². The normalized spacial score (nSPS) is 44.3. The van der Waals surface area contributed by atoms with Crippen molar-refractivity contribution in [3.8, 4) is 0 Å². The van der Waals surface area contributed by atoms with E-state index in [-0.39, 0.29) is 50.7 Å². The maximum absolute atomic E-state index is 13.4. The fourth-order valence-corrected chi connectivity index (χ4v) is 12.4. The zero-order chi connectivity index (χ0) is 35.2. The molecule has 0 aromatic carbocycles. The molecule has 1 saturated heterocycles. The van der Waals surface area contributed by atoms with E-state index in [1.54, 1.807) is 6.33 Å². The Morgan fingerprint density at radius 2 is 1.85 bits per heavy atom. The number of hydrogen-bond acceptors (Lipinski definition) is 7. The Morgan fingerprint density at radius 1 is 1.15 bits per heavy atom. The van der Waals surface area contributed by atoms with Gasteiger partial charge in [0.05, 0.1) is 37.9 Å². The fraction of sp³-hybridized carbons (Fsp3) is 0.872. The predicted molar refractivity (Wildman–Crippen MR) is 189 cm³/mol. The van der Waals surface area contributed by atoms with Crippen LogP contribution in [0.3, 0.4) is 0 Å². The number of ether oxygens (including phenoxy) is 2. The SMILES string of the molecule is CN[C@@](C)(CO[C@H]1[C@H](n2cnc(N)n2)C[C@@]23COC[C@]1(C)[C@@H]2CC[C@H]1C3=CC[C@@]2(C)[C@H](C(=O)O)[C@@](C)([C@H](C)C(C)C)CC[C@]12C)C(C)C. The molecule has 0 unspecified atom stereocenters. The van der Waals surface area contributed by atoms with Crippen LogP contribution >= 0.6 is 0 Å². The quantitative estimate of drug-likeness (QED) is 0.240. The van der Waals surface area contributed by atoms with Crippen LogP contribution < -0.4 is 11.1 Å². The standard InChI is InChI=1S/C39H65N5O4/c1-23(2)25(5)34(6)16-17-36(8)26-12-13-29-35(7)19-47-21-39(29,27(26)14-15-37(36,9)30(34)32(45)46)18-28(44-22-42-33(40)43-44)31(35)48-20-38(10,41-11)24(3)4/h14,22-26,28-31,41H,12-13,15-21H2,1-11H3,(H2,40,43)(H,45,46)/t25-,26+,28-,29+,30-,31+,34-,35-,36-,37+,38+,39+/m1/s1. The zero-order valence-electron chi connectivity index (χ0n) is 31.7. The molecule has 48 heavy (non-hydrogen) atoms. The highest BCUT2D eigenvalue weighted by molar-refractivity contribution is 5.73. The van der Waals surface area contributed by atoms with Crippen LogP contribution in [0.5, 0.6) is 0 Å². The zero-order valence-corrected chi connectivity index (χ0v) is 31.7. The summed E-state index contributed by atoms with van der Waals surface area (Å²) in [4.78, 5) is 17.8. The Morgan fingerprint density at radius 3 is 2.44 bits per heavy atom. The second-order valence-corrected chi connectivity index (χ2v) is 18.8. The lowest BCUT2D eigenvalue weighted by atomic mass is 9.34. The molecule has 1 aromatic rings. The van der Waals surface area contributed by atoms with Crippen molar-refractivity contribution in [3.05, 3.63) is 18.0 Å². The molecule has 3 saturated carbocycles. The number of carboxylic acid groups (broad SMARTS) is 1. The van der Waals surface area contributed by atoms with E-state index in [2.05, 4.69) is 85.6 Å². The second kappa shape index (κ2) is 11.8. The maximum atomic E-state index is 13.4. The number of nitrogens with one attached hydrogen (secondary N) is 1. The van der Waals surface area contributed by atoms with E-state index in [1.807, 2.05) is 11.7 Å². The highest BCUT2D eigenvalue weighted by Crippen LogP contribution is 2.75. The van der Waals surface area contributed by atoms with Crippen molar-refractivity contribution in [3.63, 3.8) is 0 Å². The second-order valence-electron chi connectivity index (χ2n) is 18.8. The number of carboxylic acids is 1. The Kier molecular flexibility index (Phi) is 8.81. The molecule has 4 N–H and O–H groups in total. The molecule has 4 aliphatic carbocycles. The van der Waals surface area contributed by atoms with Crippen LogP contribution in [0.2, 0.25) is 0 Å². The van der Waals surface area contributed by atoms with Gasteiger partial charge in [-0.3, -0.25) is 4.79 Å². The van der Waals surface area contributed by atoms with Crippen LogP contribution in [0.15, 0.2) is 18.0 Å². The number of nitrogen functional groups attached to an aromatic ring is 1. The topological polar surface area (TPSA) is 125 Å². The summed E-state index contributed by atoms with van der Waals surface area (Å²) in [5.41, 5.74) is 6.33. The molecule has 1 aliphatic heterocycles. The molecule has 12 atom stereocenters. The van der Waals surface area contributed by atoms with Gasteiger partial charge >= 0.3 is 5.97 Å². The van der Waals surface area contributed by atoms with Crippen molar-refractivity contribution in [2.45, 2.75) is 125 Å². The average molecular weight is 668 g/mol. The number of likely N-dealkylation sites (N-methyl/N-ethyl adjacent to an activating group) is 1. The van der Waals surface area contributed by atoms with Crippen LogP contribution in [0, 0.1) is 62.6 Å². The first-order valence-corrected chi connectivity index (χ1v) is 18.8. The average Bonchev–Trinajstić information content (AvgIpc) is 3.45. The third-order valence-electron chi connectivity index (χ3n) is 16.4. The van der Waals surface area contributed by atoms with Crippen molar-refractivity contribution in [1.82, 2.24) is 20.1 Å². The number of aromatic nitrogens is 3. The largest absolute Gasteiger partial charge is 0.481 e. The fourth-order valence-electron chi connectivity index (χ4n) is 12.4. The summed E-state index contributed by atoms with van der Waals surface area (Å²) in [5.74, 6) is 1.09. The smallest absolute Gasteiger partial charge is 0.307 e. The minimum atomic E-state index is -0.618. The van der Waals surface area contributed by atoms with Gasteiger partial charge in [0.25, 0.3) is 0 Å². The number of aliphatic carboxylic acids is 1. The van der Waals surface area contributed by atoms with Gasteiger partial charge in [-0.25, -0.2) is 9.67 Å². The maximum Gasteiger partial charge on any atom is 0.307 e. The summed E-state index contributed by atoms with van der Waals surface area (Å²) in [6.07, 6.45) is 9.97. The Labute approximate surface area is 289 Å². The number of anilines is 1. The first kappa shape index (κ1) is 35.8. The lowest BCUT2D eigenvalue weighted by Crippen LogP contribution is -2.69. The molecular formula is C39H65N5O4. The lowest BCUT2D eigenvalue weighted by molar-refractivity contribution is -0.253. The Hall–Kier alpha value is -1.97. The minimum absolute atomic E-state index is 0.0534. The lowest BCUT2D eigenvalue weighted by Gasteiger charge is -2.71. The highest BCUT2D eigenvalue weighted by atomic mass is 16.5. The first-order valence-electron chi connectivity index (χ1n) is 18.8. The van der Waals surface area contributed by atoms with E-state index in [0.717, 1.165) is 38.5 Å². The van der Waals surface area contributed by atoms with Gasteiger partial charge in [0, 0.05) is 16.4 Å². The first-order chi connectivity index (χ1) is 22.3. The van der Waals surface area contributed by atoms with Crippen molar-refractivity contribution in [2.75, 3.05) is 32.6 Å². The molecule has 2 heterocycles. The third-order valence-corrected chi connectivity index (χ3v) is 16.4. The van der Waals surface area contributed by atoms with Crippen LogP contribution in [-0.4, -0.2) is 64.4 Å². The molecule has 4 fully saturated rings. The number of carbonyl (C=O) groups is 1. The van der Waals surface area contributed by atoms with Gasteiger partial charge in [-0.1, -0.05) is 74.0 Å². The van der Waals surface area contributed by atoms with Crippen molar-refractivity contribution >= 4 is 11.9 Å². The molecule has 0 spiro atoms. The monoisotopic (exact) mass is 668 g/mol. The molecule has 1 aromatic heterocycles. The van der Waals surface area contributed by atoms with Gasteiger partial charge in [-0.05, 0) is 98.3 Å². The predicted octanol–water partition coefficient (Wildman–Crippen LogP) is 7.01. The van der Waals surface area contributed by atoms with E-state index < -0.39 is 11.9 Å². The van der Waals surface area contributed by atoms with Gasteiger partial charge in [0.2, 0.25) is 5.95 Å². The summed E-state index contributed by atoms with van der Waals surface area (Å²) >= 11 is 0. The summed E-state index contributed by atoms with van der Waals surface area (Å²) < 4.78 is 15.8. The summed E-state index contributed by atoms with van der Waals surface area (Å²) in [6.45, 7) is 24.9. The third kappa shape index (κ3) is 4.82. The van der Waals surface area contributed by atoms with Crippen molar-refractivity contribution < 1.29 is 19.4 Å². The molecule has 5 aliphatic rings. The van der Waals surface area contributed by atoms with E-state index in [1.165, 1.54) is 5.57 Å².